The number of esters is 3. The summed E-state index contributed by atoms with van der Waals surface area (Å²) >= 11 is 0. The number of hydrogen-bond acceptors (Lipinski definition) is 13. The molecule has 0 fully saturated rings. The highest BCUT2D eigenvalue weighted by Gasteiger charge is 2.34. The van der Waals surface area contributed by atoms with E-state index >= 15 is 0 Å². The Morgan fingerprint density at radius 2 is 1.50 bits per heavy atom. The monoisotopic (exact) mass is 539 g/mol. The van der Waals surface area contributed by atoms with Crippen molar-refractivity contribution < 1.29 is 62.3 Å². The van der Waals surface area contributed by atoms with Crippen molar-refractivity contribution >= 4 is 36.2 Å². The Kier molecular flexibility index (Phi) is 13.0. The van der Waals surface area contributed by atoms with Gasteiger partial charge in [-0.15, -0.1) is 0 Å². The minimum atomic E-state index is -1.55. The maximum atomic E-state index is 12.6. The summed E-state index contributed by atoms with van der Waals surface area (Å²) in [6.07, 6.45) is -1.20. The Balaban J connectivity index is 3.44. The third-order valence-electron chi connectivity index (χ3n) is 4.65. The predicted molar refractivity (Wildman–Crippen MR) is 126 cm³/mol. The lowest BCUT2D eigenvalue weighted by atomic mass is 9.82. The van der Waals surface area contributed by atoms with Crippen molar-refractivity contribution in [1.82, 2.24) is 0 Å². The van der Waals surface area contributed by atoms with Crippen LogP contribution in [0.25, 0.3) is 0 Å². The summed E-state index contributed by atoms with van der Waals surface area (Å²) in [6, 6.07) is 2.32. The van der Waals surface area contributed by atoms with E-state index < -0.39 is 54.1 Å². The van der Waals surface area contributed by atoms with Crippen LogP contribution >= 0.6 is 0 Å². The first-order valence-corrected chi connectivity index (χ1v) is 11.3. The largest absolute Gasteiger partial charge is 0.513 e. The van der Waals surface area contributed by atoms with Gasteiger partial charge >= 0.3 is 36.2 Å². The van der Waals surface area contributed by atoms with E-state index in [-0.39, 0.29) is 36.9 Å². The number of carboxylic acid groups (broad SMARTS) is 1. The molecule has 1 aromatic rings. The number of carbonyl (C=O) groups is 6. The van der Waals surface area contributed by atoms with Gasteiger partial charge in [0.1, 0.15) is 6.04 Å². The van der Waals surface area contributed by atoms with Gasteiger partial charge in [-0.3, -0.25) is 4.79 Å². The van der Waals surface area contributed by atoms with Gasteiger partial charge in [-0.2, -0.15) is 0 Å². The standard InChI is InChI=1S/C24H29NO13/c1-5-33-23(31)36-16-8-7-15(11-17(16)37-24(32)34-6-2)20(13(3)12-35-14(4)26)21(25)22(30)38-19(29)10-9-18(27)28/h7-11,13,20-21H,5-6,12,25H2,1-4H3,(H,27,28)/b10-9+/t13-,20?,21-/m0/s1. The molecule has 38 heavy (non-hydrogen) atoms. The molecule has 3 N–H and O–H groups in total. The molecule has 0 spiro atoms. The molecule has 1 rings (SSSR count). The maximum Gasteiger partial charge on any atom is 0.513 e. The van der Waals surface area contributed by atoms with Crippen LogP contribution in [0.4, 0.5) is 9.59 Å². The summed E-state index contributed by atoms with van der Waals surface area (Å²) in [4.78, 5) is 70.2. The number of hydrogen-bond donors (Lipinski definition) is 2. The quantitative estimate of drug-likeness (QED) is 0.128. The first-order valence-electron chi connectivity index (χ1n) is 11.3. The first kappa shape index (κ1) is 31.6. The second kappa shape index (κ2) is 15.6. The number of benzene rings is 1. The summed E-state index contributed by atoms with van der Waals surface area (Å²) in [5.41, 5.74) is 6.35. The first-order chi connectivity index (χ1) is 17.9. The number of aliphatic carboxylic acids is 1. The number of carboxylic acids is 1. The van der Waals surface area contributed by atoms with E-state index in [4.69, 9.17) is 34.5 Å². The Morgan fingerprint density at radius 3 is 2.03 bits per heavy atom. The summed E-state index contributed by atoms with van der Waals surface area (Å²) in [5, 5.41) is 8.62. The molecule has 3 atom stereocenters. The molecular weight excluding hydrogens is 510 g/mol. The van der Waals surface area contributed by atoms with Crippen LogP contribution in [0.3, 0.4) is 0 Å². The van der Waals surface area contributed by atoms with Crippen molar-refractivity contribution in [3.05, 3.63) is 35.9 Å². The van der Waals surface area contributed by atoms with Gasteiger partial charge in [-0.1, -0.05) is 13.0 Å². The summed E-state index contributed by atoms with van der Waals surface area (Å²) in [6.45, 7) is 5.64. The number of carbonyl (C=O) groups excluding carboxylic acids is 5. The Bertz CT molecular complexity index is 1070. The third-order valence-corrected chi connectivity index (χ3v) is 4.65. The van der Waals surface area contributed by atoms with Crippen LogP contribution < -0.4 is 15.2 Å². The van der Waals surface area contributed by atoms with Crippen LogP contribution in [0.15, 0.2) is 30.4 Å². The minimum absolute atomic E-state index is 0.0120. The normalized spacial score (nSPS) is 13.0. The SMILES string of the molecule is CCOC(=O)Oc1ccc(C([C@H](N)C(=O)OC(=O)/C=C/C(=O)O)[C@@H](C)COC(C)=O)cc1OC(=O)OCC. The molecule has 1 unspecified atom stereocenters. The number of nitrogens with two attached hydrogens (primary N) is 1. The molecule has 0 heterocycles. The van der Waals surface area contributed by atoms with Crippen molar-refractivity contribution in [2.45, 2.75) is 39.7 Å². The highest BCUT2D eigenvalue weighted by molar-refractivity contribution is 5.97. The zero-order chi connectivity index (χ0) is 28.8. The second-order valence-electron chi connectivity index (χ2n) is 7.52. The van der Waals surface area contributed by atoms with E-state index in [0.29, 0.717) is 12.2 Å². The second-order valence-corrected chi connectivity index (χ2v) is 7.52. The van der Waals surface area contributed by atoms with Crippen LogP contribution in [0, 0.1) is 5.92 Å². The lowest BCUT2D eigenvalue weighted by molar-refractivity contribution is -0.158. The van der Waals surface area contributed by atoms with Crippen LogP contribution in [-0.4, -0.2) is 67.2 Å². The van der Waals surface area contributed by atoms with Gasteiger partial charge < -0.3 is 39.3 Å². The average molecular weight is 539 g/mol. The summed E-state index contributed by atoms with van der Waals surface area (Å²) in [5.74, 6) is -6.74. The van der Waals surface area contributed by atoms with Crippen LogP contribution in [0.5, 0.6) is 11.5 Å². The van der Waals surface area contributed by atoms with E-state index in [1.807, 2.05) is 0 Å². The average Bonchev–Trinajstić information content (AvgIpc) is 2.83. The predicted octanol–water partition coefficient (Wildman–Crippen LogP) is 2.08. The molecule has 0 aliphatic heterocycles. The third kappa shape index (κ3) is 10.7. The highest BCUT2D eigenvalue weighted by atomic mass is 16.7. The minimum Gasteiger partial charge on any atom is -0.478 e. The zero-order valence-corrected chi connectivity index (χ0v) is 21.2. The Hall–Kier alpha value is -4.46. The molecule has 208 valence electrons. The molecule has 0 saturated heterocycles. The lowest BCUT2D eigenvalue weighted by Crippen LogP contribution is -2.42. The molecule has 0 amide bonds. The van der Waals surface area contributed by atoms with Crippen molar-refractivity contribution in [2.24, 2.45) is 11.7 Å². The van der Waals surface area contributed by atoms with Crippen molar-refractivity contribution in [3.8, 4) is 11.5 Å². The summed E-state index contributed by atoms with van der Waals surface area (Å²) < 4.78 is 29.3. The van der Waals surface area contributed by atoms with E-state index in [1.165, 1.54) is 32.0 Å². The van der Waals surface area contributed by atoms with Gasteiger partial charge in [-0.25, -0.2) is 24.0 Å². The smallest absolute Gasteiger partial charge is 0.478 e. The van der Waals surface area contributed by atoms with E-state index in [1.54, 1.807) is 13.8 Å². The van der Waals surface area contributed by atoms with Crippen LogP contribution in [0.2, 0.25) is 0 Å². The fourth-order valence-corrected chi connectivity index (χ4v) is 3.10. The van der Waals surface area contributed by atoms with Crippen LogP contribution in [-0.2, 0) is 38.1 Å². The van der Waals surface area contributed by atoms with Gasteiger partial charge in [0.15, 0.2) is 11.5 Å². The molecule has 0 saturated carbocycles. The zero-order valence-electron chi connectivity index (χ0n) is 21.2. The molecule has 0 aromatic heterocycles. The van der Waals surface area contributed by atoms with Gasteiger partial charge in [0.05, 0.1) is 19.8 Å². The van der Waals surface area contributed by atoms with Crippen molar-refractivity contribution in [3.63, 3.8) is 0 Å². The van der Waals surface area contributed by atoms with Gasteiger partial charge in [-0.05, 0) is 37.5 Å². The van der Waals surface area contributed by atoms with E-state index in [9.17, 15) is 28.8 Å². The van der Waals surface area contributed by atoms with Crippen molar-refractivity contribution in [2.75, 3.05) is 19.8 Å². The molecule has 14 heteroatoms. The van der Waals surface area contributed by atoms with E-state index in [2.05, 4.69) is 4.74 Å². The molecule has 1 aromatic carbocycles. The lowest BCUT2D eigenvalue weighted by Gasteiger charge is -2.28. The molecule has 0 aliphatic rings. The van der Waals surface area contributed by atoms with E-state index in [0.717, 1.165) is 0 Å². The maximum absolute atomic E-state index is 12.6. The number of rotatable bonds is 12. The molecule has 0 radical (unpaired) electrons. The van der Waals surface area contributed by atoms with Gasteiger partial charge in [0, 0.05) is 25.0 Å². The topological polar surface area (TPSA) is 204 Å². The fraction of sp³-hybridized carbons (Fsp3) is 0.417. The molecule has 0 aliphatic carbocycles. The Morgan fingerprint density at radius 1 is 0.921 bits per heavy atom. The molecule has 14 nitrogen and oxygen atoms in total. The molecular formula is C24H29NO13. The number of ether oxygens (including phenoxy) is 6. The van der Waals surface area contributed by atoms with Crippen molar-refractivity contribution in [1.29, 1.82) is 0 Å². The fourth-order valence-electron chi connectivity index (χ4n) is 3.10. The summed E-state index contributed by atoms with van der Waals surface area (Å²) in [7, 11) is 0. The highest BCUT2D eigenvalue weighted by Crippen LogP contribution is 2.36. The van der Waals surface area contributed by atoms with Gasteiger partial charge in [0.25, 0.3) is 0 Å². The Labute approximate surface area is 217 Å². The molecule has 0 bridgehead atoms. The van der Waals surface area contributed by atoms with Gasteiger partial charge in [0.2, 0.25) is 0 Å². The van der Waals surface area contributed by atoms with Crippen LogP contribution in [0.1, 0.15) is 39.2 Å².